The van der Waals surface area contributed by atoms with Crippen LogP contribution in [0.2, 0.25) is 0 Å². The molecule has 1 amide bonds. The first-order valence-corrected chi connectivity index (χ1v) is 6.32. The Morgan fingerprint density at radius 3 is 2.28 bits per heavy atom. The van der Waals surface area contributed by atoms with Crippen LogP contribution in [0.15, 0.2) is 53.0 Å². The van der Waals surface area contributed by atoms with E-state index in [-0.39, 0.29) is 5.91 Å². The van der Waals surface area contributed by atoms with Crippen molar-refractivity contribution in [1.82, 2.24) is 0 Å². The van der Waals surface area contributed by atoms with Crippen molar-refractivity contribution in [1.29, 1.82) is 0 Å². The van der Waals surface area contributed by atoms with Crippen molar-refractivity contribution in [3.8, 4) is 0 Å². The Labute approximate surface area is 114 Å². The largest absolute Gasteiger partial charge is 0.399 e. The molecular formula is C14H13BrN2O. The number of nitrogens with two attached hydrogens (primary N) is 1. The molecule has 0 aliphatic heterocycles. The van der Waals surface area contributed by atoms with Crippen molar-refractivity contribution in [3.05, 3.63) is 58.6 Å². The van der Waals surface area contributed by atoms with Crippen molar-refractivity contribution < 1.29 is 4.79 Å². The van der Waals surface area contributed by atoms with Crippen LogP contribution in [0.1, 0.15) is 5.56 Å². The first-order valence-electron chi connectivity index (χ1n) is 5.53. The molecule has 2 aromatic rings. The molecule has 0 aliphatic carbocycles. The summed E-state index contributed by atoms with van der Waals surface area (Å²) in [6.45, 7) is 0. The van der Waals surface area contributed by atoms with Gasteiger partial charge < -0.3 is 11.1 Å². The Morgan fingerprint density at radius 2 is 1.67 bits per heavy atom. The minimum absolute atomic E-state index is 0.0397. The van der Waals surface area contributed by atoms with E-state index in [2.05, 4.69) is 21.2 Å². The van der Waals surface area contributed by atoms with Gasteiger partial charge in [0.05, 0.1) is 6.42 Å². The highest BCUT2D eigenvalue weighted by atomic mass is 79.9. The Hall–Kier alpha value is -1.81. The lowest BCUT2D eigenvalue weighted by Gasteiger charge is -2.05. The predicted molar refractivity (Wildman–Crippen MR) is 77.3 cm³/mol. The third kappa shape index (κ3) is 3.60. The zero-order valence-electron chi connectivity index (χ0n) is 9.69. The summed E-state index contributed by atoms with van der Waals surface area (Å²) < 4.78 is 1.00. The average molecular weight is 305 g/mol. The summed E-state index contributed by atoms with van der Waals surface area (Å²) in [6, 6.07) is 14.8. The minimum atomic E-state index is -0.0397. The highest BCUT2D eigenvalue weighted by Gasteiger charge is 2.03. The van der Waals surface area contributed by atoms with Gasteiger partial charge in [0.1, 0.15) is 0 Å². The number of carbonyl (C=O) groups is 1. The van der Waals surface area contributed by atoms with Crippen LogP contribution in [0.5, 0.6) is 0 Å². The number of hydrogen-bond donors (Lipinski definition) is 2. The zero-order valence-corrected chi connectivity index (χ0v) is 11.3. The maximum absolute atomic E-state index is 11.8. The minimum Gasteiger partial charge on any atom is -0.399 e. The van der Waals surface area contributed by atoms with Crippen LogP contribution in [0.25, 0.3) is 0 Å². The third-order valence-electron chi connectivity index (χ3n) is 2.47. The van der Waals surface area contributed by atoms with Crippen LogP contribution in [0.3, 0.4) is 0 Å². The Bertz CT molecular complexity index is 485. The number of carbonyl (C=O) groups excluding carboxylic acids is 1. The molecule has 92 valence electrons. The summed E-state index contributed by atoms with van der Waals surface area (Å²) in [5, 5.41) is 2.83. The van der Waals surface area contributed by atoms with E-state index in [0.717, 1.165) is 15.7 Å². The lowest BCUT2D eigenvalue weighted by atomic mass is 10.1. The van der Waals surface area contributed by atoms with Gasteiger partial charge in [-0.2, -0.15) is 0 Å². The molecule has 4 heteroatoms. The first kappa shape index (κ1) is 12.6. The Balaban J connectivity index is 1.96. The van der Waals surface area contributed by atoms with E-state index in [1.807, 2.05) is 24.3 Å². The number of nitrogens with one attached hydrogen (secondary N) is 1. The number of benzene rings is 2. The number of amides is 1. The van der Waals surface area contributed by atoms with Gasteiger partial charge in [-0.15, -0.1) is 0 Å². The van der Waals surface area contributed by atoms with Crippen molar-refractivity contribution in [2.45, 2.75) is 6.42 Å². The van der Waals surface area contributed by atoms with Crippen LogP contribution in [-0.2, 0) is 11.2 Å². The maximum Gasteiger partial charge on any atom is 0.228 e. The lowest BCUT2D eigenvalue weighted by molar-refractivity contribution is -0.115. The fourth-order valence-corrected chi connectivity index (χ4v) is 1.82. The molecule has 2 rings (SSSR count). The van der Waals surface area contributed by atoms with Crippen LogP contribution >= 0.6 is 15.9 Å². The highest BCUT2D eigenvalue weighted by Crippen LogP contribution is 2.13. The van der Waals surface area contributed by atoms with E-state index in [1.54, 1.807) is 24.3 Å². The van der Waals surface area contributed by atoms with E-state index in [0.29, 0.717) is 12.1 Å². The monoisotopic (exact) mass is 304 g/mol. The van der Waals surface area contributed by atoms with Gasteiger partial charge in [-0.05, 0) is 42.0 Å². The quantitative estimate of drug-likeness (QED) is 0.856. The summed E-state index contributed by atoms with van der Waals surface area (Å²) in [7, 11) is 0. The molecule has 0 unspecified atom stereocenters. The molecule has 0 saturated heterocycles. The number of rotatable bonds is 3. The predicted octanol–water partition coefficient (Wildman–Crippen LogP) is 3.21. The van der Waals surface area contributed by atoms with Gasteiger partial charge in [-0.25, -0.2) is 0 Å². The van der Waals surface area contributed by atoms with Gasteiger partial charge in [0.25, 0.3) is 0 Å². The molecule has 0 aliphatic rings. The SMILES string of the molecule is Nc1ccc(NC(=O)Cc2ccc(Br)cc2)cc1. The van der Waals surface area contributed by atoms with E-state index in [1.165, 1.54) is 0 Å². The van der Waals surface area contributed by atoms with Crippen LogP contribution < -0.4 is 11.1 Å². The summed E-state index contributed by atoms with van der Waals surface area (Å²) in [6.07, 6.45) is 0.359. The molecule has 0 atom stereocenters. The molecule has 3 nitrogen and oxygen atoms in total. The highest BCUT2D eigenvalue weighted by molar-refractivity contribution is 9.10. The molecule has 18 heavy (non-hydrogen) atoms. The Morgan fingerprint density at radius 1 is 1.06 bits per heavy atom. The van der Waals surface area contributed by atoms with Gasteiger partial charge in [0, 0.05) is 15.8 Å². The molecule has 0 bridgehead atoms. The van der Waals surface area contributed by atoms with Crippen LogP contribution in [0.4, 0.5) is 11.4 Å². The fourth-order valence-electron chi connectivity index (χ4n) is 1.56. The van der Waals surface area contributed by atoms with Crippen LogP contribution in [-0.4, -0.2) is 5.91 Å². The van der Waals surface area contributed by atoms with Crippen molar-refractivity contribution in [3.63, 3.8) is 0 Å². The molecule has 3 N–H and O–H groups in total. The zero-order chi connectivity index (χ0) is 13.0. The van der Waals surface area contributed by atoms with Gasteiger partial charge in [-0.3, -0.25) is 4.79 Å². The second-order valence-electron chi connectivity index (χ2n) is 3.97. The number of halogens is 1. The number of anilines is 2. The van der Waals surface area contributed by atoms with Crippen molar-refractivity contribution in [2.75, 3.05) is 11.1 Å². The van der Waals surface area contributed by atoms with Gasteiger partial charge >= 0.3 is 0 Å². The molecule has 0 radical (unpaired) electrons. The topological polar surface area (TPSA) is 55.1 Å². The molecule has 0 heterocycles. The first-order chi connectivity index (χ1) is 8.63. The summed E-state index contributed by atoms with van der Waals surface area (Å²) in [5.74, 6) is -0.0397. The van der Waals surface area contributed by atoms with Crippen molar-refractivity contribution >= 4 is 33.2 Å². The van der Waals surface area contributed by atoms with E-state index in [9.17, 15) is 4.79 Å². The van der Waals surface area contributed by atoms with E-state index >= 15 is 0 Å². The lowest BCUT2D eigenvalue weighted by Crippen LogP contribution is -2.14. The van der Waals surface area contributed by atoms with E-state index in [4.69, 9.17) is 5.73 Å². The normalized spacial score (nSPS) is 10.1. The van der Waals surface area contributed by atoms with Crippen LogP contribution in [0, 0.1) is 0 Å². The fraction of sp³-hybridized carbons (Fsp3) is 0.0714. The second-order valence-corrected chi connectivity index (χ2v) is 4.89. The molecule has 0 aromatic heterocycles. The summed E-state index contributed by atoms with van der Waals surface area (Å²) in [4.78, 5) is 11.8. The average Bonchev–Trinajstić information content (AvgIpc) is 2.35. The smallest absolute Gasteiger partial charge is 0.228 e. The molecular weight excluding hydrogens is 292 g/mol. The second kappa shape index (κ2) is 5.69. The summed E-state index contributed by atoms with van der Waals surface area (Å²) >= 11 is 3.36. The summed E-state index contributed by atoms with van der Waals surface area (Å²) in [5.41, 5.74) is 7.99. The van der Waals surface area contributed by atoms with Gasteiger partial charge in [0.2, 0.25) is 5.91 Å². The molecule has 0 spiro atoms. The molecule has 0 saturated carbocycles. The number of nitrogen functional groups attached to an aromatic ring is 1. The third-order valence-corrected chi connectivity index (χ3v) is 3.00. The van der Waals surface area contributed by atoms with Crippen molar-refractivity contribution in [2.24, 2.45) is 0 Å². The maximum atomic E-state index is 11.8. The van der Waals surface area contributed by atoms with Gasteiger partial charge in [-0.1, -0.05) is 28.1 Å². The number of hydrogen-bond acceptors (Lipinski definition) is 2. The van der Waals surface area contributed by atoms with E-state index < -0.39 is 0 Å². The molecule has 2 aromatic carbocycles. The Kier molecular flexibility index (Phi) is 3.99. The molecule has 0 fully saturated rings. The standard InChI is InChI=1S/C14H13BrN2O/c15-11-3-1-10(2-4-11)9-14(18)17-13-7-5-12(16)6-8-13/h1-8H,9,16H2,(H,17,18). The van der Waals surface area contributed by atoms with Gasteiger partial charge in [0.15, 0.2) is 0 Å².